The molecule has 2 heterocycles. The number of aromatic nitrogens is 1. The Kier molecular flexibility index (Phi) is 3.46. The van der Waals surface area contributed by atoms with Crippen molar-refractivity contribution in [3.8, 4) is 0 Å². The topological polar surface area (TPSA) is 88.4 Å². The van der Waals surface area contributed by atoms with E-state index in [0.717, 1.165) is 23.4 Å². The Bertz CT molecular complexity index is 760. The van der Waals surface area contributed by atoms with Gasteiger partial charge in [-0.15, -0.1) is 0 Å². The highest BCUT2D eigenvalue weighted by Gasteiger charge is 2.22. The van der Waals surface area contributed by atoms with E-state index in [1.54, 1.807) is 17.9 Å². The Labute approximate surface area is 126 Å². The Balaban J connectivity index is 1.90. The lowest BCUT2D eigenvalue weighted by Gasteiger charge is -2.15. The number of nitrogens with one attached hydrogen (secondary N) is 1. The van der Waals surface area contributed by atoms with E-state index in [4.69, 9.17) is 0 Å². The highest BCUT2D eigenvalue weighted by Crippen LogP contribution is 2.33. The highest BCUT2D eigenvalue weighted by molar-refractivity contribution is 5.94. The van der Waals surface area contributed by atoms with Crippen molar-refractivity contribution < 1.29 is 9.72 Å². The van der Waals surface area contributed by atoms with Crippen LogP contribution in [0.1, 0.15) is 12.5 Å². The number of carbonyl (C=O) groups is 1. The van der Waals surface area contributed by atoms with E-state index in [-0.39, 0.29) is 11.6 Å². The number of hydrogen-bond donors (Lipinski definition) is 1. The molecule has 1 N–H and O–H groups in total. The molecule has 0 aliphatic carbocycles. The second-order valence-corrected chi connectivity index (χ2v) is 5.04. The van der Waals surface area contributed by atoms with E-state index in [2.05, 4.69) is 10.3 Å². The van der Waals surface area contributed by atoms with Crippen molar-refractivity contribution in [2.45, 2.75) is 13.3 Å². The van der Waals surface area contributed by atoms with Gasteiger partial charge in [-0.1, -0.05) is 0 Å². The maximum Gasteiger partial charge on any atom is 0.295 e. The van der Waals surface area contributed by atoms with Gasteiger partial charge in [0.25, 0.3) is 5.69 Å². The number of hydrogen-bond acceptors (Lipinski definition) is 5. The predicted molar refractivity (Wildman–Crippen MR) is 82.3 cm³/mol. The van der Waals surface area contributed by atoms with E-state index in [0.29, 0.717) is 12.2 Å². The largest absolute Gasteiger partial charge is 0.349 e. The molecule has 0 radical (unpaired) electrons. The highest BCUT2D eigenvalue weighted by atomic mass is 16.6. The van der Waals surface area contributed by atoms with Crippen molar-refractivity contribution in [1.29, 1.82) is 0 Å². The van der Waals surface area contributed by atoms with Gasteiger partial charge >= 0.3 is 0 Å². The molecular weight excluding hydrogens is 284 g/mol. The number of nitro groups is 1. The molecule has 7 nitrogen and oxygen atoms in total. The number of fused-ring (bicyclic) bond motifs is 1. The van der Waals surface area contributed by atoms with Crippen LogP contribution in [0.4, 0.5) is 22.7 Å². The smallest absolute Gasteiger partial charge is 0.295 e. The molecule has 1 aromatic heterocycles. The SMILES string of the molecule is CC(=O)N1CCc2cc(Nc3cnccc3[N+](=O)[O-])ccc21. The number of amides is 1. The second kappa shape index (κ2) is 5.44. The Hall–Kier alpha value is -2.96. The van der Waals surface area contributed by atoms with Crippen molar-refractivity contribution in [1.82, 2.24) is 4.98 Å². The number of carbonyl (C=O) groups excluding carboxylic acids is 1. The van der Waals surface area contributed by atoms with Crippen LogP contribution in [0.3, 0.4) is 0 Å². The maximum atomic E-state index is 11.5. The zero-order valence-electron chi connectivity index (χ0n) is 11.9. The van der Waals surface area contributed by atoms with E-state index in [9.17, 15) is 14.9 Å². The van der Waals surface area contributed by atoms with Gasteiger partial charge in [0.1, 0.15) is 5.69 Å². The van der Waals surface area contributed by atoms with Crippen LogP contribution in [-0.4, -0.2) is 22.4 Å². The van der Waals surface area contributed by atoms with Gasteiger partial charge in [-0.05, 0) is 30.2 Å². The summed E-state index contributed by atoms with van der Waals surface area (Å²) in [6, 6.07) is 6.92. The molecule has 0 spiro atoms. The summed E-state index contributed by atoms with van der Waals surface area (Å²) in [5, 5.41) is 14.0. The van der Waals surface area contributed by atoms with Gasteiger partial charge < -0.3 is 10.2 Å². The molecule has 0 saturated carbocycles. The molecule has 0 atom stereocenters. The first-order valence-corrected chi connectivity index (χ1v) is 6.82. The lowest BCUT2D eigenvalue weighted by molar-refractivity contribution is -0.384. The van der Waals surface area contributed by atoms with Gasteiger partial charge in [0.05, 0.1) is 11.1 Å². The molecule has 22 heavy (non-hydrogen) atoms. The lowest BCUT2D eigenvalue weighted by atomic mass is 10.1. The number of anilines is 3. The number of pyridine rings is 1. The van der Waals surface area contributed by atoms with Crippen LogP contribution in [0.15, 0.2) is 36.7 Å². The number of rotatable bonds is 3. The summed E-state index contributed by atoms with van der Waals surface area (Å²) in [5.41, 5.74) is 3.00. The summed E-state index contributed by atoms with van der Waals surface area (Å²) in [6.07, 6.45) is 3.59. The first kappa shape index (κ1) is 14.0. The van der Waals surface area contributed by atoms with Gasteiger partial charge in [-0.2, -0.15) is 0 Å². The third-order valence-corrected chi connectivity index (χ3v) is 3.63. The standard InChI is InChI=1S/C15H14N4O3/c1-10(20)18-7-5-11-8-12(2-3-14(11)18)17-13-9-16-6-4-15(13)19(21)22/h2-4,6,8-9,17H,5,7H2,1H3. The molecule has 7 heteroatoms. The number of benzene rings is 1. The van der Waals surface area contributed by atoms with E-state index < -0.39 is 4.92 Å². The summed E-state index contributed by atoms with van der Waals surface area (Å²) in [4.78, 5) is 27.7. The van der Waals surface area contributed by atoms with Crippen LogP contribution in [0, 0.1) is 10.1 Å². The second-order valence-electron chi connectivity index (χ2n) is 5.04. The average molecular weight is 298 g/mol. The van der Waals surface area contributed by atoms with E-state index in [1.807, 2.05) is 12.1 Å². The zero-order chi connectivity index (χ0) is 15.7. The van der Waals surface area contributed by atoms with Crippen LogP contribution < -0.4 is 10.2 Å². The fourth-order valence-corrected chi connectivity index (χ4v) is 2.60. The van der Waals surface area contributed by atoms with Gasteiger partial charge in [0.15, 0.2) is 0 Å². The summed E-state index contributed by atoms with van der Waals surface area (Å²) >= 11 is 0. The van der Waals surface area contributed by atoms with Crippen molar-refractivity contribution in [2.75, 3.05) is 16.8 Å². The quantitative estimate of drug-likeness (QED) is 0.695. The summed E-state index contributed by atoms with van der Waals surface area (Å²) in [5.74, 6) is 0.0161. The molecule has 0 bridgehead atoms. The average Bonchev–Trinajstić information content (AvgIpc) is 2.91. The molecule has 112 valence electrons. The molecular formula is C15H14N4O3. The summed E-state index contributed by atoms with van der Waals surface area (Å²) in [7, 11) is 0. The molecule has 1 aliphatic rings. The predicted octanol–water partition coefficient (Wildman–Crippen LogP) is 2.64. The van der Waals surface area contributed by atoms with Crippen LogP contribution >= 0.6 is 0 Å². The molecule has 0 unspecified atom stereocenters. The Morgan fingerprint density at radius 1 is 1.41 bits per heavy atom. The first-order valence-electron chi connectivity index (χ1n) is 6.82. The lowest BCUT2D eigenvalue weighted by Crippen LogP contribution is -2.25. The molecule has 2 aromatic rings. The zero-order valence-corrected chi connectivity index (χ0v) is 11.9. The minimum absolute atomic E-state index is 0.0161. The van der Waals surface area contributed by atoms with Crippen LogP contribution in [-0.2, 0) is 11.2 Å². The van der Waals surface area contributed by atoms with Crippen molar-refractivity contribution in [2.24, 2.45) is 0 Å². The van der Waals surface area contributed by atoms with Gasteiger partial charge in [-0.3, -0.25) is 19.9 Å². The molecule has 0 fully saturated rings. The van der Waals surface area contributed by atoms with Crippen molar-refractivity contribution in [3.63, 3.8) is 0 Å². The Morgan fingerprint density at radius 2 is 2.23 bits per heavy atom. The minimum atomic E-state index is -0.450. The molecule has 1 aliphatic heterocycles. The van der Waals surface area contributed by atoms with Crippen LogP contribution in [0.2, 0.25) is 0 Å². The molecule has 1 amide bonds. The minimum Gasteiger partial charge on any atom is -0.349 e. The molecule has 0 saturated heterocycles. The van der Waals surface area contributed by atoms with Crippen molar-refractivity contribution in [3.05, 3.63) is 52.3 Å². The number of nitrogens with zero attached hydrogens (tertiary/aromatic N) is 3. The van der Waals surface area contributed by atoms with E-state index in [1.165, 1.54) is 18.5 Å². The third kappa shape index (κ3) is 2.48. The van der Waals surface area contributed by atoms with Crippen LogP contribution in [0.25, 0.3) is 0 Å². The van der Waals surface area contributed by atoms with Crippen molar-refractivity contribution >= 4 is 28.7 Å². The maximum absolute atomic E-state index is 11.5. The first-order chi connectivity index (χ1) is 10.6. The molecule has 1 aromatic carbocycles. The third-order valence-electron chi connectivity index (χ3n) is 3.63. The molecule has 3 rings (SSSR count). The fourth-order valence-electron chi connectivity index (χ4n) is 2.60. The van der Waals surface area contributed by atoms with Crippen LogP contribution in [0.5, 0.6) is 0 Å². The summed E-state index contributed by atoms with van der Waals surface area (Å²) < 4.78 is 0. The van der Waals surface area contributed by atoms with Gasteiger partial charge in [0, 0.05) is 37.1 Å². The monoisotopic (exact) mass is 298 g/mol. The normalized spacial score (nSPS) is 12.9. The fraction of sp³-hybridized carbons (Fsp3) is 0.200. The van der Waals surface area contributed by atoms with Gasteiger partial charge in [0.2, 0.25) is 5.91 Å². The summed E-state index contributed by atoms with van der Waals surface area (Å²) in [6.45, 7) is 2.21. The van der Waals surface area contributed by atoms with Gasteiger partial charge in [-0.25, -0.2) is 0 Å². The van der Waals surface area contributed by atoms with E-state index >= 15 is 0 Å². The Morgan fingerprint density at radius 3 is 2.95 bits per heavy atom.